The van der Waals surface area contributed by atoms with Gasteiger partial charge in [-0.25, -0.2) is 0 Å². The number of hydrogen-bond donors (Lipinski definition) is 1. The number of fused-ring (bicyclic) bond motifs is 1. The largest absolute Gasteiger partial charge is 0.496 e. The Morgan fingerprint density at radius 3 is 3.06 bits per heavy atom. The molecule has 0 saturated carbocycles. The van der Waals surface area contributed by atoms with Gasteiger partial charge in [0.05, 0.1) is 12.6 Å². The number of nitrogens with zero attached hydrogens (tertiary/aromatic N) is 1. The summed E-state index contributed by atoms with van der Waals surface area (Å²) in [4.78, 5) is 0. The molecule has 0 radical (unpaired) electrons. The molecule has 1 atom stereocenters. The second-order valence-electron chi connectivity index (χ2n) is 5.18. The van der Waals surface area contributed by atoms with Gasteiger partial charge in [-0.05, 0) is 49.5 Å². The summed E-state index contributed by atoms with van der Waals surface area (Å²) in [6.45, 7) is 2.30. The minimum absolute atomic E-state index is 0.764. The number of ether oxygens (including phenoxy) is 1. The molecule has 0 amide bonds. The van der Waals surface area contributed by atoms with Crippen LogP contribution >= 0.6 is 0 Å². The van der Waals surface area contributed by atoms with Gasteiger partial charge in [0, 0.05) is 18.6 Å². The van der Waals surface area contributed by atoms with E-state index in [1.54, 1.807) is 7.11 Å². The highest BCUT2D eigenvalue weighted by Gasteiger charge is 2.19. The first kappa shape index (κ1) is 11.6. The molecule has 96 valence electrons. The third kappa shape index (κ3) is 1.89. The molecule has 1 aromatic heterocycles. The van der Waals surface area contributed by atoms with Crippen LogP contribution in [0.1, 0.15) is 12.0 Å². The molecule has 1 fully saturated rings. The SMILES string of the molecule is COc1cccc2c1c(CC1CCNC1)cn2C. The number of rotatable bonds is 3. The number of hydrogen-bond acceptors (Lipinski definition) is 2. The quantitative estimate of drug-likeness (QED) is 0.897. The van der Waals surface area contributed by atoms with Crippen molar-refractivity contribution >= 4 is 10.9 Å². The highest BCUT2D eigenvalue weighted by Crippen LogP contribution is 2.32. The van der Waals surface area contributed by atoms with E-state index in [1.165, 1.54) is 22.9 Å². The number of benzene rings is 1. The third-order valence-electron chi connectivity index (χ3n) is 3.95. The standard InChI is InChI=1S/C15H20N2O/c1-17-10-12(8-11-6-7-16-9-11)15-13(17)4-3-5-14(15)18-2/h3-5,10-11,16H,6-9H2,1-2H3. The first-order valence-electron chi connectivity index (χ1n) is 6.61. The molecular weight excluding hydrogens is 224 g/mol. The second kappa shape index (κ2) is 4.65. The lowest BCUT2D eigenvalue weighted by Gasteiger charge is -2.08. The summed E-state index contributed by atoms with van der Waals surface area (Å²) in [7, 11) is 3.86. The van der Waals surface area contributed by atoms with Crippen LogP contribution in [0.2, 0.25) is 0 Å². The van der Waals surface area contributed by atoms with Crippen LogP contribution in [0.15, 0.2) is 24.4 Å². The van der Waals surface area contributed by atoms with Gasteiger partial charge in [0.2, 0.25) is 0 Å². The van der Waals surface area contributed by atoms with Crippen molar-refractivity contribution < 1.29 is 4.74 Å². The molecule has 0 spiro atoms. The molecular formula is C15H20N2O. The first-order valence-corrected chi connectivity index (χ1v) is 6.61. The minimum Gasteiger partial charge on any atom is -0.496 e. The normalized spacial score (nSPS) is 19.6. The predicted molar refractivity (Wildman–Crippen MR) is 74.2 cm³/mol. The molecule has 3 rings (SSSR count). The topological polar surface area (TPSA) is 26.2 Å². The van der Waals surface area contributed by atoms with Gasteiger partial charge in [-0.15, -0.1) is 0 Å². The van der Waals surface area contributed by atoms with E-state index in [-0.39, 0.29) is 0 Å². The third-order valence-corrected chi connectivity index (χ3v) is 3.95. The lowest BCUT2D eigenvalue weighted by molar-refractivity contribution is 0.419. The van der Waals surface area contributed by atoms with E-state index >= 15 is 0 Å². The molecule has 3 heteroatoms. The van der Waals surface area contributed by atoms with Gasteiger partial charge in [0.1, 0.15) is 5.75 Å². The fourth-order valence-corrected chi connectivity index (χ4v) is 3.03. The van der Waals surface area contributed by atoms with Gasteiger partial charge in [0.15, 0.2) is 0 Å². The molecule has 1 N–H and O–H groups in total. The van der Waals surface area contributed by atoms with E-state index in [2.05, 4.69) is 41.3 Å². The van der Waals surface area contributed by atoms with Gasteiger partial charge in [-0.2, -0.15) is 0 Å². The van der Waals surface area contributed by atoms with Gasteiger partial charge in [-0.3, -0.25) is 0 Å². The highest BCUT2D eigenvalue weighted by molar-refractivity contribution is 5.90. The van der Waals surface area contributed by atoms with Crippen molar-refractivity contribution in [2.45, 2.75) is 12.8 Å². The summed E-state index contributed by atoms with van der Waals surface area (Å²) in [6.07, 6.45) is 4.68. The van der Waals surface area contributed by atoms with E-state index in [0.717, 1.165) is 31.2 Å². The van der Waals surface area contributed by atoms with Crippen LogP contribution in [0.4, 0.5) is 0 Å². The lowest BCUT2D eigenvalue weighted by atomic mass is 9.98. The maximum absolute atomic E-state index is 5.52. The highest BCUT2D eigenvalue weighted by atomic mass is 16.5. The van der Waals surface area contributed by atoms with E-state index in [0.29, 0.717) is 0 Å². The van der Waals surface area contributed by atoms with Gasteiger partial charge < -0.3 is 14.6 Å². The number of aryl methyl sites for hydroxylation is 1. The van der Waals surface area contributed by atoms with Crippen LogP contribution in [0.3, 0.4) is 0 Å². The summed E-state index contributed by atoms with van der Waals surface area (Å²) >= 11 is 0. The van der Waals surface area contributed by atoms with E-state index in [9.17, 15) is 0 Å². The van der Waals surface area contributed by atoms with E-state index < -0.39 is 0 Å². The summed E-state index contributed by atoms with van der Waals surface area (Å²) in [5.74, 6) is 1.76. The molecule has 3 nitrogen and oxygen atoms in total. The lowest BCUT2D eigenvalue weighted by Crippen LogP contribution is -2.10. The van der Waals surface area contributed by atoms with Crippen LogP contribution in [0, 0.1) is 5.92 Å². The molecule has 2 heterocycles. The van der Waals surface area contributed by atoms with Crippen molar-refractivity contribution in [2.75, 3.05) is 20.2 Å². The maximum atomic E-state index is 5.52. The Balaban J connectivity index is 2.04. The van der Waals surface area contributed by atoms with Crippen LogP contribution in [-0.4, -0.2) is 24.8 Å². The Kier molecular flexibility index (Phi) is 3.00. The van der Waals surface area contributed by atoms with Crippen LogP contribution in [0.25, 0.3) is 10.9 Å². The summed E-state index contributed by atoms with van der Waals surface area (Å²) in [5, 5.41) is 4.72. The number of nitrogens with one attached hydrogen (secondary N) is 1. The smallest absolute Gasteiger partial charge is 0.128 e. The van der Waals surface area contributed by atoms with E-state index in [4.69, 9.17) is 4.74 Å². The zero-order valence-corrected chi connectivity index (χ0v) is 11.1. The number of methoxy groups -OCH3 is 1. The Labute approximate surface area is 108 Å². The average molecular weight is 244 g/mol. The van der Waals surface area contributed by atoms with Crippen molar-refractivity contribution in [3.8, 4) is 5.75 Å². The fourth-order valence-electron chi connectivity index (χ4n) is 3.03. The molecule has 1 unspecified atom stereocenters. The van der Waals surface area contributed by atoms with Crippen LogP contribution in [-0.2, 0) is 13.5 Å². The second-order valence-corrected chi connectivity index (χ2v) is 5.18. The van der Waals surface area contributed by atoms with Crippen molar-refractivity contribution in [1.29, 1.82) is 0 Å². The molecule has 2 aromatic rings. The van der Waals surface area contributed by atoms with Crippen LogP contribution in [0.5, 0.6) is 5.75 Å². The summed E-state index contributed by atoms with van der Waals surface area (Å²) in [5.41, 5.74) is 2.67. The van der Waals surface area contributed by atoms with Crippen molar-refractivity contribution in [3.05, 3.63) is 30.0 Å². The molecule has 1 aliphatic heterocycles. The Hall–Kier alpha value is -1.48. The molecule has 0 bridgehead atoms. The van der Waals surface area contributed by atoms with Gasteiger partial charge in [-0.1, -0.05) is 6.07 Å². The maximum Gasteiger partial charge on any atom is 0.128 e. The minimum atomic E-state index is 0.764. The average Bonchev–Trinajstić information content (AvgIpc) is 2.99. The van der Waals surface area contributed by atoms with E-state index in [1.807, 2.05) is 0 Å². The molecule has 1 aliphatic rings. The molecule has 1 saturated heterocycles. The molecule has 0 aliphatic carbocycles. The zero-order valence-electron chi connectivity index (χ0n) is 11.1. The Morgan fingerprint density at radius 2 is 2.33 bits per heavy atom. The van der Waals surface area contributed by atoms with Crippen molar-refractivity contribution in [1.82, 2.24) is 9.88 Å². The van der Waals surface area contributed by atoms with Crippen molar-refractivity contribution in [2.24, 2.45) is 13.0 Å². The Bertz CT molecular complexity index is 553. The number of aromatic nitrogens is 1. The zero-order chi connectivity index (χ0) is 12.5. The Morgan fingerprint density at radius 1 is 1.44 bits per heavy atom. The molecule has 18 heavy (non-hydrogen) atoms. The van der Waals surface area contributed by atoms with Crippen molar-refractivity contribution in [3.63, 3.8) is 0 Å². The monoisotopic (exact) mass is 244 g/mol. The molecule has 1 aromatic carbocycles. The van der Waals surface area contributed by atoms with Gasteiger partial charge >= 0.3 is 0 Å². The summed E-state index contributed by atoms with van der Waals surface area (Å²) in [6, 6.07) is 6.27. The fraction of sp³-hybridized carbons (Fsp3) is 0.467. The summed E-state index contributed by atoms with van der Waals surface area (Å²) < 4.78 is 7.72. The van der Waals surface area contributed by atoms with Gasteiger partial charge in [0.25, 0.3) is 0 Å². The predicted octanol–water partition coefficient (Wildman–Crippen LogP) is 2.34. The van der Waals surface area contributed by atoms with Crippen LogP contribution < -0.4 is 10.1 Å². The first-order chi connectivity index (χ1) is 8.79.